The van der Waals surface area contributed by atoms with Crippen molar-refractivity contribution < 1.29 is 9.21 Å². The van der Waals surface area contributed by atoms with Crippen LogP contribution in [-0.2, 0) is 16.6 Å². The molecule has 1 spiro atoms. The highest BCUT2D eigenvalue weighted by molar-refractivity contribution is 5.78. The van der Waals surface area contributed by atoms with Crippen molar-refractivity contribution in [3.63, 3.8) is 0 Å². The van der Waals surface area contributed by atoms with Gasteiger partial charge in [0.1, 0.15) is 0 Å². The van der Waals surface area contributed by atoms with Gasteiger partial charge in [-0.2, -0.15) is 0 Å². The van der Waals surface area contributed by atoms with E-state index in [1.165, 1.54) is 29.5 Å². The summed E-state index contributed by atoms with van der Waals surface area (Å²) in [6.45, 7) is 5.78. The number of hydrogen-bond acceptors (Lipinski definition) is 2. The molecule has 0 bridgehead atoms. The minimum Gasteiger partial charge on any atom is -0.472 e. The Kier molecular flexibility index (Phi) is 3.75. The van der Waals surface area contributed by atoms with Crippen molar-refractivity contribution in [2.75, 3.05) is 13.1 Å². The third kappa shape index (κ3) is 2.47. The second-order valence-corrected chi connectivity index (χ2v) is 7.64. The predicted octanol–water partition coefficient (Wildman–Crippen LogP) is 4.41. The van der Waals surface area contributed by atoms with E-state index in [2.05, 4.69) is 23.1 Å². The second-order valence-electron chi connectivity index (χ2n) is 7.64. The van der Waals surface area contributed by atoms with Crippen molar-refractivity contribution in [3.05, 3.63) is 47.9 Å². The molecule has 24 heavy (non-hydrogen) atoms. The average Bonchev–Trinajstić information content (AvgIpc) is 3.24. The lowest BCUT2D eigenvalue weighted by molar-refractivity contribution is -0.136. The summed E-state index contributed by atoms with van der Waals surface area (Å²) in [5, 5.41) is 0. The van der Waals surface area contributed by atoms with Crippen LogP contribution in [-0.4, -0.2) is 23.9 Å². The molecule has 1 aromatic heterocycles. The first-order valence-corrected chi connectivity index (χ1v) is 9.04. The highest BCUT2D eigenvalue weighted by atomic mass is 16.3. The molecule has 1 amide bonds. The van der Waals surface area contributed by atoms with Crippen LogP contribution in [0.3, 0.4) is 0 Å². The summed E-state index contributed by atoms with van der Waals surface area (Å²) in [5.74, 6) is 0.401. The first-order valence-electron chi connectivity index (χ1n) is 9.04. The van der Waals surface area contributed by atoms with Crippen molar-refractivity contribution in [2.45, 2.75) is 44.9 Å². The number of hydrogen-bond donors (Lipinski definition) is 0. The molecule has 126 valence electrons. The standard InChI is InChI=1S/C21H25NO2/c1-15(2)20(23)22-10-8-21(9-11-22)7-5-16-3-4-17(13-19(16)21)18-6-12-24-14-18/h3-4,6,12-15H,5,7-11H2,1-2H3. The molecule has 0 saturated carbocycles. The summed E-state index contributed by atoms with van der Waals surface area (Å²) < 4.78 is 5.24. The fourth-order valence-corrected chi connectivity index (χ4v) is 4.44. The molecular weight excluding hydrogens is 298 g/mol. The molecule has 1 saturated heterocycles. The maximum atomic E-state index is 12.3. The topological polar surface area (TPSA) is 33.5 Å². The van der Waals surface area contributed by atoms with Gasteiger partial charge in [0.2, 0.25) is 5.91 Å². The van der Waals surface area contributed by atoms with Crippen molar-refractivity contribution >= 4 is 5.91 Å². The predicted molar refractivity (Wildman–Crippen MR) is 94.8 cm³/mol. The molecular formula is C21H25NO2. The lowest BCUT2D eigenvalue weighted by Crippen LogP contribution is -2.45. The van der Waals surface area contributed by atoms with Gasteiger partial charge in [-0.25, -0.2) is 0 Å². The highest BCUT2D eigenvalue weighted by Gasteiger charge is 2.42. The molecule has 1 aromatic carbocycles. The number of amides is 1. The van der Waals surface area contributed by atoms with Crippen LogP contribution >= 0.6 is 0 Å². The van der Waals surface area contributed by atoms with Gasteiger partial charge in [0.15, 0.2) is 0 Å². The fraction of sp³-hybridized carbons (Fsp3) is 0.476. The second kappa shape index (κ2) is 5.80. The Bertz CT molecular complexity index is 737. The Hall–Kier alpha value is -2.03. The van der Waals surface area contributed by atoms with Crippen molar-refractivity contribution in [1.82, 2.24) is 4.90 Å². The van der Waals surface area contributed by atoms with Crippen LogP contribution in [0.4, 0.5) is 0 Å². The quantitative estimate of drug-likeness (QED) is 0.820. The van der Waals surface area contributed by atoms with Gasteiger partial charge in [-0.15, -0.1) is 0 Å². The molecule has 0 unspecified atom stereocenters. The summed E-state index contributed by atoms with van der Waals surface area (Å²) in [7, 11) is 0. The molecule has 0 N–H and O–H groups in total. The molecule has 3 heteroatoms. The van der Waals surface area contributed by atoms with E-state index in [1.807, 2.05) is 26.2 Å². The van der Waals surface area contributed by atoms with Gasteiger partial charge in [-0.1, -0.05) is 32.0 Å². The zero-order valence-corrected chi connectivity index (χ0v) is 14.5. The number of fused-ring (bicyclic) bond motifs is 2. The van der Waals surface area contributed by atoms with Gasteiger partial charge in [0.05, 0.1) is 12.5 Å². The number of benzene rings is 1. The van der Waals surface area contributed by atoms with Gasteiger partial charge < -0.3 is 9.32 Å². The lowest BCUT2D eigenvalue weighted by atomic mass is 9.73. The SMILES string of the molecule is CC(C)C(=O)N1CCC2(CCc3ccc(-c4ccoc4)cc32)CC1. The zero-order chi connectivity index (χ0) is 16.7. The Morgan fingerprint density at radius 1 is 1.12 bits per heavy atom. The lowest BCUT2D eigenvalue weighted by Gasteiger charge is -2.41. The monoisotopic (exact) mass is 323 g/mol. The number of furan rings is 1. The number of nitrogens with zero attached hydrogens (tertiary/aromatic N) is 1. The third-order valence-electron chi connectivity index (χ3n) is 5.93. The van der Waals surface area contributed by atoms with Crippen molar-refractivity contribution in [1.29, 1.82) is 0 Å². The summed E-state index contributed by atoms with van der Waals surface area (Å²) in [6, 6.07) is 8.89. The number of aryl methyl sites for hydroxylation is 1. The van der Waals surface area contributed by atoms with Crippen LogP contribution in [0.15, 0.2) is 41.2 Å². The maximum Gasteiger partial charge on any atom is 0.225 e. The van der Waals surface area contributed by atoms with Crippen LogP contribution in [0, 0.1) is 5.92 Å². The summed E-state index contributed by atoms with van der Waals surface area (Å²) in [4.78, 5) is 14.3. The van der Waals surface area contributed by atoms with E-state index >= 15 is 0 Å². The van der Waals surface area contributed by atoms with Crippen LogP contribution in [0.25, 0.3) is 11.1 Å². The van der Waals surface area contributed by atoms with E-state index in [0.717, 1.165) is 31.5 Å². The first-order chi connectivity index (χ1) is 11.6. The van der Waals surface area contributed by atoms with Gasteiger partial charge in [0.25, 0.3) is 0 Å². The summed E-state index contributed by atoms with van der Waals surface area (Å²) >= 11 is 0. The van der Waals surface area contributed by atoms with Gasteiger partial charge in [-0.05, 0) is 53.9 Å². The van der Waals surface area contributed by atoms with E-state index in [4.69, 9.17) is 4.42 Å². The van der Waals surface area contributed by atoms with E-state index in [0.29, 0.717) is 5.91 Å². The summed E-state index contributed by atoms with van der Waals surface area (Å²) in [6.07, 6.45) is 8.11. The normalized spacial score (nSPS) is 19.0. The maximum absolute atomic E-state index is 12.3. The molecule has 0 atom stereocenters. The van der Waals surface area contributed by atoms with Crippen LogP contribution in [0.2, 0.25) is 0 Å². The minimum absolute atomic E-state index is 0.0996. The molecule has 1 fully saturated rings. The molecule has 2 aromatic rings. The minimum atomic E-state index is 0.0996. The Labute approximate surface area is 143 Å². The van der Waals surface area contributed by atoms with Crippen molar-refractivity contribution in [2.24, 2.45) is 5.92 Å². The number of rotatable bonds is 2. The van der Waals surface area contributed by atoms with E-state index in [9.17, 15) is 4.79 Å². The molecule has 4 rings (SSSR count). The zero-order valence-electron chi connectivity index (χ0n) is 14.5. The fourth-order valence-electron chi connectivity index (χ4n) is 4.44. The molecule has 3 nitrogen and oxygen atoms in total. The van der Waals surface area contributed by atoms with E-state index in [-0.39, 0.29) is 11.3 Å². The largest absolute Gasteiger partial charge is 0.472 e. The highest BCUT2D eigenvalue weighted by Crippen LogP contribution is 2.47. The third-order valence-corrected chi connectivity index (χ3v) is 5.93. The molecule has 0 radical (unpaired) electrons. The van der Waals surface area contributed by atoms with Crippen molar-refractivity contribution in [3.8, 4) is 11.1 Å². The number of likely N-dealkylation sites (tertiary alicyclic amines) is 1. The Balaban J connectivity index is 1.60. The molecule has 2 aliphatic rings. The van der Waals surface area contributed by atoms with Gasteiger partial charge >= 0.3 is 0 Å². The number of carbonyl (C=O) groups is 1. The van der Waals surface area contributed by atoms with Gasteiger partial charge in [0, 0.05) is 24.6 Å². The first kappa shape index (κ1) is 15.5. The number of piperidine rings is 1. The average molecular weight is 323 g/mol. The summed E-state index contributed by atoms with van der Waals surface area (Å²) in [5.41, 5.74) is 5.66. The number of carbonyl (C=O) groups excluding carboxylic acids is 1. The molecule has 1 aliphatic carbocycles. The molecule has 2 heterocycles. The van der Waals surface area contributed by atoms with Crippen LogP contribution in [0.1, 0.15) is 44.2 Å². The Morgan fingerprint density at radius 3 is 2.58 bits per heavy atom. The smallest absolute Gasteiger partial charge is 0.225 e. The molecule has 1 aliphatic heterocycles. The van der Waals surface area contributed by atoms with Crippen LogP contribution < -0.4 is 0 Å². The Morgan fingerprint density at radius 2 is 1.92 bits per heavy atom. The van der Waals surface area contributed by atoms with Crippen LogP contribution in [0.5, 0.6) is 0 Å². The van der Waals surface area contributed by atoms with E-state index < -0.39 is 0 Å². The van der Waals surface area contributed by atoms with E-state index in [1.54, 1.807) is 6.26 Å². The van der Waals surface area contributed by atoms with Gasteiger partial charge in [-0.3, -0.25) is 4.79 Å².